The number of carbonyl (C=O) groups is 1. The van der Waals surface area contributed by atoms with Gasteiger partial charge in [-0.3, -0.25) is 9.48 Å². The van der Waals surface area contributed by atoms with Gasteiger partial charge < -0.3 is 15.1 Å². The second-order valence-corrected chi connectivity index (χ2v) is 5.79. The van der Waals surface area contributed by atoms with E-state index in [2.05, 4.69) is 10.3 Å². The minimum Gasteiger partial charge on any atom is -0.469 e. The van der Waals surface area contributed by atoms with Gasteiger partial charge in [0.15, 0.2) is 0 Å². The lowest BCUT2D eigenvalue weighted by molar-refractivity contribution is 0.0657. The van der Waals surface area contributed by atoms with Gasteiger partial charge in [-0.15, -0.1) is 5.10 Å². The van der Waals surface area contributed by atoms with Gasteiger partial charge in [-0.2, -0.15) is 0 Å². The fourth-order valence-corrected chi connectivity index (χ4v) is 2.96. The Kier molecular flexibility index (Phi) is 4.24. The van der Waals surface area contributed by atoms with Crippen LogP contribution in [0.1, 0.15) is 34.7 Å². The molecule has 1 saturated heterocycles. The summed E-state index contributed by atoms with van der Waals surface area (Å²) in [4.78, 5) is 14.5. The van der Waals surface area contributed by atoms with E-state index in [-0.39, 0.29) is 5.91 Å². The minimum atomic E-state index is 0.0530. The Labute approximate surface area is 129 Å². The zero-order valence-corrected chi connectivity index (χ0v) is 12.7. The van der Waals surface area contributed by atoms with Gasteiger partial charge in [0, 0.05) is 32.4 Å². The van der Waals surface area contributed by atoms with Crippen molar-refractivity contribution in [2.45, 2.75) is 32.9 Å². The number of aryl methyl sites for hydroxylation is 1. The molecule has 1 aliphatic heterocycles. The molecule has 0 radical (unpaired) electrons. The molecule has 1 fully saturated rings. The zero-order valence-electron chi connectivity index (χ0n) is 12.7. The van der Waals surface area contributed by atoms with Crippen molar-refractivity contribution >= 4 is 5.91 Å². The standard InChI is InChI=1S/C15H21N5O2/c1-11-14(4-6-22-11)15(21)19-5-2-3-12(8-19)9-20-10-13(7-16)17-18-20/h4,6,10,12H,2-3,5,7-9,16H2,1H3. The summed E-state index contributed by atoms with van der Waals surface area (Å²) < 4.78 is 7.06. The quantitative estimate of drug-likeness (QED) is 0.916. The van der Waals surface area contributed by atoms with Crippen LogP contribution < -0.4 is 5.73 Å². The number of nitrogens with two attached hydrogens (primary N) is 1. The molecule has 7 nitrogen and oxygen atoms in total. The van der Waals surface area contributed by atoms with Crippen LogP contribution in [-0.2, 0) is 13.1 Å². The van der Waals surface area contributed by atoms with Crippen molar-refractivity contribution in [3.05, 3.63) is 35.5 Å². The molecule has 1 atom stereocenters. The molecule has 1 aliphatic rings. The van der Waals surface area contributed by atoms with Gasteiger partial charge in [-0.25, -0.2) is 0 Å². The number of hydrogen-bond acceptors (Lipinski definition) is 5. The third-order valence-electron chi connectivity index (χ3n) is 4.14. The van der Waals surface area contributed by atoms with Crippen molar-refractivity contribution in [1.29, 1.82) is 0 Å². The summed E-state index contributed by atoms with van der Waals surface area (Å²) in [5.41, 5.74) is 7.00. The molecule has 2 aromatic rings. The summed E-state index contributed by atoms with van der Waals surface area (Å²) in [6, 6.07) is 1.74. The first kappa shape index (κ1) is 14.8. The fourth-order valence-electron chi connectivity index (χ4n) is 2.96. The summed E-state index contributed by atoms with van der Waals surface area (Å²) in [6.45, 7) is 4.52. The Morgan fingerprint density at radius 1 is 1.55 bits per heavy atom. The molecule has 0 bridgehead atoms. The zero-order chi connectivity index (χ0) is 15.5. The Balaban J connectivity index is 1.64. The van der Waals surface area contributed by atoms with E-state index in [1.165, 1.54) is 0 Å². The van der Waals surface area contributed by atoms with Gasteiger partial charge in [-0.05, 0) is 31.7 Å². The van der Waals surface area contributed by atoms with Gasteiger partial charge in [0.2, 0.25) is 0 Å². The topological polar surface area (TPSA) is 90.2 Å². The summed E-state index contributed by atoms with van der Waals surface area (Å²) >= 11 is 0. The van der Waals surface area contributed by atoms with Crippen LogP contribution in [0.3, 0.4) is 0 Å². The van der Waals surface area contributed by atoms with Crippen LogP contribution in [0.2, 0.25) is 0 Å². The summed E-state index contributed by atoms with van der Waals surface area (Å²) in [5, 5.41) is 8.08. The van der Waals surface area contributed by atoms with Gasteiger partial charge >= 0.3 is 0 Å². The van der Waals surface area contributed by atoms with E-state index >= 15 is 0 Å². The largest absolute Gasteiger partial charge is 0.469 e. The van der Waals surface area contributed by atoms with Crippen molar-refractivity contribution in [3.63, 3.8) is 0 Å². The Morgan fingerprint density at radius 2 is 2.41 bits per heavy atom. The first-order chi connectivity index (χ1) is 10.7. The average molecular weight is 303 g/mol. The fraction of sp³-hybridized carbons (Fsp3) is 0.533. The number of hydrogen-bond donors (Lipinski definition) is 1. The molecule has 0 saturated carbocycles. The average Bonchev–Trinajstić information content (AvgIpc) is 3.15. The van der Waals surface area contributed by atoms with Gasteiger partial charge in [0.25, 0.3) is 5.91 Å². The highest BCUT2D eigenvalue weighted by Gasteiger charge is 2.26. The second kappa shape index (κ2) is 6.31. The van der Waals surface area contributed by atoms with E-state index in [9.17, 15) is 4.79 Å². The van der Waals surface area contributed by atoms with Crippen LogP contribution in [0.25, 0.3) is 0 Å². The van der Waals surface area contributed by atoms with Crippen LogP contribution in [0.5, 0.6) is 0 Å². The van der Waals surface area contributed by atoms with Crippen molar-refractivity contribution in [1.82, 2.24) is 19.9 Å². The van der Waals surface area contributed by atoms with Gasteiger partial charge in [0.05, 0.1) is 17.5 Å². The molecule has 118 valence electrons. The minimum absolute atomic E-state index is 0.0530. The number of amides is 1. The lowest BCUT2D eigenvalue weighted by Crippen LogP contribution is -2.41. The Morgan fingerprint density at radius 3 is 3.09 bits per heavy atom. The van der Waals surface area contributed by atoms with E-state index < -0.39 is 0 Å². The van der Waals surface area contributed by atoms with E-state index in [1.54, 1.807) is 12.3 Å². The van der Waals surface area contributed by atoms with Crippen molar-refractivity contribution in [2.24, 2.45) is 11.7 Å². The second-order valence-electron chi connectivity index (χ2n) is 5.79. The van der Waals surface area contributed by atoms with Crippen molar-refractivity contribution < 1.29 is 9.21 Å². The third-order valence-corrected chi connectivity index (χ3v) is 4.14. The first-order valence-corrected chi connectivity index (χ1v) is 7.60. The van der Waals surface area contributed by atoms with Crippen LogP contribution in [-0.4, -0.2) is 38.9 Å². The van der Waals surface area contributed by atoms with Gasteiger partial charge in [-0.1, -0.05) is 5.21 Å². The molecule has 1 amide bonds. The smallest absolute Gasteiger partial charge is 0.257 e. The molecule has 22 heavy (non-hydrogen) atoms. The van der Waals surface area contributed by atoms with Crippen LogP contribution in [0.4, 0.5) is 0 Å². The van der Waals surface area contributed by atoms with Gasteiger partial charge in [0.1, 0.15) is 5.76 Å². The summed E-state index contributed by atoms with van der Waals surface area (Å²) in [7, 11) is 0. The maximum Gasteiger partial charge on any atom is 0.257 e. The maximum absolute atomic E-state index is 12.5. The molecule has 2 aromatic heterocycles. The number of furan rings is 1. The molecular formula is C15H21N5O2. The van der Waals surface area contributed by atoms with Crippen LogP contribution in [0, 0.1) is 12.8 Å². The lowest BCUT2D eigenvalue weighted by atomic mass is 9.97. The van der Waals surface area contributed by atoms with Crippen molar-refractivity contribution in [2.75, 3.05) is 13.1 Å². The molecule has 0 aromatic carbocycles. The van der Waals surface area contributed by atoms with Crippen LogP contribution >= 0.6 is 0 Å². The van der Waals surface area contributed by atoms with Crippen molar-refractivity contribution in [3.8, 4) is 0 Å². The third kappa shape index (κ3) is 3.04. The molecule has 0 aliphatic carbocycles. The monoisotopic (exact) mass is 303 g/mol. The van der Waals surface area contributed by atoms with E-state index in [0.29, 0.717) is 23.8 Å². The number of rotatable bonds is 4. The number of aromatic nitrogens is 3. The highest BCUT2D eigenvalue weighted by molar-refractivity contribution is 5.95. The van der Waals surface area contributed by atoms with E-state index in [1.807, 2.05) is 22.7 Å². The van der Waals surface area contributed by atoms with Crippen LogP contribution in [0.15, 0.2) is 22.9 Å². The predicted octanol–water partition coefficient (Wildman–Crippen LogP) is 1.19. The molecule has 3 rings (SSSR count). The molecule has 3 heterocycles. The number of likely N-dealkylation sites (tertiary alicyclic amines) is 1. The SMILES string of the molecule is Cc1occc1C(=O)N1CCCC(Cn2cc(CN)nn2)C1. The summed E-state index contributed by atoms with van der Waals surface area (Å²) in [5.74, 6) is 1.12. The summed E-state index contributed by atoms with van der Waals surface area (Å²) in [6.07, 6.45) is 5.53. The Hall–Kier alpha value is -2.15. The van der Waals surface area contributed by atoms with E-state index in [0.717, 1.165) is 38.2 Å². The number of piperidine rings is 1. The molecule has 0 spiro atoms. The highest BCUT2D eigenvalue weighted by atomic mass is 16.3. The number of nitrogens with zero attached hydrogens (tertiary/aromatic N) is 4. The first-order valence-electron chi connectivity index (χ1n) is 7.60. The van der Waals surface area contributed by atoms with E-state index in [4.69, 9.17) is 10.2 Å². The molecule has 7 heteroatoms. The lowest BCUT2D eigenvalue weighted by Gasteiger charge is -2.32. The predicted molar refractivity (Wildman–Crippen MR) is 80.0 cm³/mol. The molecule has 2 N–H and O–H groups in total. The Bertz CT molecular complexity index is 648. The molecular weight excluding hydrogens is 282 g/mol. The number of carbonyl (C=O) groups excluding carboxylic acids is 1. The molecule has 1 unspecified atom stereocenters. The maximum atomic E-state index is 12.5. The highest BCUT2D eigenvalue weighted by Crippen LogP contribution is 2.21. The normalized spacial score (nSPS) is 18.6.